The molecule has 3 unspecified atom stereocenters. The largest absolute Gasteiger partial charge is 0.534 e. The lowest BCUT2D eigenvalue weighted by molar-refractivity contribution is -0.151. The van der Waals surface area contributed by atoms with Gasteiger partial charge in [0.15, 0.2) is 0 Å². The highest BCUT2D eigenvalue weighted by molar-refractivity contribution is 7.87. The van der Waals surface area contributed by atoms with Gasteiger partial charge < -0.3 is 8.92 Å². The molecule has 25 heavy (non-hydrogen) atoms. The second kappa shape index (κ2) is 6.36. The lowest BCUT2D eigenvalue weighted by Gasteiger charge is -2.18. The molecule has 5 nitrogen and oxygen atoms in total. The Hall–Kier alpha value is -2.03. The number of halogens is 3. The van der Waals surface area contributed by atoms with Crippen LogP contribution in [0.4, 0.5) is 13.2 Å². The average Bonchev–Trinajstić information content (AvgIpc) is 3.09. The minimum absolute atomic E-state index is 0.0483. The van der Waals surface area contributed by atoms with E-state index < -0.39 is 33.4 Å². The van der Waals surface area contributed by atoms with E-state index in [9.17, 15) is 26.4 Å². The Morgan fingerprint density at radius 1 is 1.16 bits per heavy atom. The Balaban J connectivity index is 1.65. The predicted octanol–water partition coefficient (Wildman–Crippen LogP) is 3.14. The van der Waals surface area contributed by atoms with Gasteiger partial charge in [-0.2, -0.15) is 21.6 Å². The van der Waals surface area contributed by atoms with Gasteiger partial charge in [0, 0.05) is 5.92 Å². The first-order chi connectivity index (χ1) is 11.7. The van der Waals surface area contributed by atoms with Crippen molar-refractivity contribution < 1.29 is 35.3 Å². The van der Waals surface area contributed by atoms with Crippen molar-refractivity contribution in [2.24, 2.45) is 17.8 Å². The van der Waals surface area contributed by atoms with Crippen LogP contribution in [0.2, 0.25) is 0 Å². The summed E-state index contributed by atoms with van der Waals surface area (Å²) in [5.74, 6) is -2.65. The van der Waals surface area contributed by atoms with Gasteiger partial charge >= 0.3 is 21.6 Å². The summed E-state index contributed by atoms with van der Waals surface area (Å²) in [7, 11) is -5.73. The first-order valence-corrected chi connectivity index (χ1v) is 9.03. The molecule has 2 aliphatic rings. The van der Waals surface area contributed by atoms with Crippen LogP contribution in [0.25, 0.3) is 0 Å². The van der Waals surface area contributed by atoms with Crippen molar-refractivity contribution in [3.63, 3.8) is 0 Å². The fourth-order valence-electron chi connectivity index (χ4n) is 3.30. The molecule has 1 fully saturated rings. The maximum absolute atomic E-state index is 12.5. The third-order valence-corrected chi connectivity index (χ3v) is 5.41. The molecule has 1 saturated carbocycles. The minimum atomic E-state index is -5.73. The van der Waals surface area contributed by atoms with Crippen LogP contribution in [-0.2, 0) is 30.4 Å². The summed E-state index contributed by atoms with van der Waals surface area (Å²) in [6.07, 6.45) is 2.26. The van der Waals surface area contributed by atoms with Crippen LogP contribution in [0.5, 0.6) is 0 Å². The van der Waals surface area contributed by atoms with Crippen LogP contribution in [0.3, 0.4) is 0 Å². The highest BCUT2D eigenvalue weighted by atomic mass is 32.2. The standard InChI is InChI=1S/C16H15F3O5S/c17-16(18,19)25(21,22)24-13-8-11-6-7-12(13)14(11)15(20)23-9-10-4-2-1-3-5-10/h1-5,8,11-12,14H,6-7,9H2. The molecule has 9 heteroatoms. The van der Waals surface area contributed by atoms with E-state index in [4.69, 9.17) is 4.74 Å². The van der Waals surface area contributed by atoms with E-state index in [-0.39, 0.29) is 18.3 Å². The van der Waals surface area contributed by atoms with Gasteiger partial charge in [0.25, 0.3) is 0 Å². The van der Waals surface area contributed by atoms with Gasteiger partial charge in [-0.15, -0.1) is 0 Å². The fourth-order valence-corrected chi connectivity index (χ4v) is 3.82. The van der Waals surface area contributed by atoms with E-state index in [2.05, 4.69) is 4.18 Å². The predicted molar refractivity (Wildman–Crippen MR) is 80.1 cm³/mol. The summed E-state index contributed by atoms with van der Waals surface area (Å²) in [6.45, 7) is 0.0483. The van der Waals surface area contributed by atoms with Crippen molar-refractivity contribution in [1.82, 2.24) is 0 Å². The Morgan fingerprint density at radius 2 is 1.84 bits per heavy atom. The Labute approximate surface area is 142 Å². The number of hydrogen-bond acceptors (Lipinski definition) is 5. The number of carbonyl (C=O) groups excluding carboxylic acids is 1. The maximum Gasteiger partial charge on any atom is 0.534 e. The summed E-state index contributed by atoms with van der Waals surface area (Å²) in [5.41, 5.74) is -4.72. The normalized spacial score (nSPS) is 25.6. The van der Waals surface area contributed by atoms with Crippen molar-refractivity contribution in [2.45, 2.75) is 25.0 Å². The highest BCUT2D eigenvalue weighted by Crippen LogP contribution is 2.50. The van der Waals surface area contributed by atoms with Crippen LogP contribution in [0.15, 0.2) is 42.2 Å². The van der Waals surface area contributed by atoms with E-state index in [0.29, 0.717) is 12.8 Å². The van der Waals surface area contributed by atoms with Crippen molar-refractivity contribution in [2.75, 3.05) is 0 Å². The molecule has 0 N–H and O–H groups in total. The number of allylic oxidation sites excluding steroid dienone is 2. The number of fused-ring (bicyclic) bond motifs is 2. The second-order valence-corrected chi connectivity index (χ2v) is 7.56. The molecule has 1 aromatic rings. The molecule has 1 aromatic carbocycles. The SMILES string of the molecule is O=C(OCc1ccccc1)C1C2C=C(OS(=O)(=O)C(F)(F)F)C1CC2. The molecule has 2 aliphatic carbocycles. The number of alkyl halides is 3. The molecule has 0 radical (unpaired) electrons. The van der Waals surface area contributed by atoms with E-state index in [1.807, 2.05) is 6.07 Å². The van der Waals surface area contributed by atoms with Crippen LogP contribution in [0, 0.1) is 17.8 Å². The topological polar surface area (TPSA) is 69.7 Å². The molecule has 0 amide bonds. The summed E-state index contributed by atoms with van der Waals surface area (Å²) < 4.78 is 69.2. The zero-order chi connectivity index (χ0) is 18.2. The fraction of sp³-hybridized carbons (Fsp3) is 0.438. The number of carbonyl (C=O) groups is 1. The maximum atomic E-state index is 12.5. The first-order valence-electron chi connectivity index (χ1n) is 7.62. The van der Waals surface area contributed by atoms with Crippen molar-refractivity contribution >= 4 is 16.1 Å². The number of ether oxygens (including phenoxy) is 1. The second-order valence-electron chi connectivity index (χ2n) is 6.02. The summed E-state index contributed by atoms with van der Waals surface area (Å²) >= 11 is 0. The Bertz CT molecular complexity index is 786. The van der Waals surface area contributed by atoms with E-state index in [1.165, 1.54) is 6.08 Å². The quantitative estimate of drug-likeness (QED) is 0.449. The molecule has 3 atom stereocenters. The molecular weight excluding hydrogens is 361 g/mol. The number of rotatable bonds is 5. The summed E-state index contributed by atoms with van der Waals surface area (Å²) in [4.78, 5) is 12.3. The molecule has 3 rings (SSSR count). The van der Waals surface area contributed by atoms with Crippen molar-refractivity contribution in [1.29, 1.82) is 0 Å². The van der Waals surface area contributed by atoms with Crippen LogP contribution < -0.4 is 0 Å². The first kappa shape index (κ1) is 17.8. The van der Waals surface area contributed by atoms with Crippen LogP contribution in [0.1, 0.15) is 18.4 Å². The van der Waals surface area contributed by atoms with Gasteiger partial charge in [-0.25, -0.2) is 0 Å². The summed E-state index contributed by atoms with van der Waals surface area (Å²) in [5, 5.41) is 0. The zero-order valence-corrected chi connectivity index (χ0v) is 13.7. The zero-order valence-electron chi connectivity index (χ0n) is 12.9. The molecule has 136 valence electrons. The van der Waals surface area contributed by atoms with Gasteiger partial charge in [0.1, 0.15) is 12.4 Å². The van der Waals surface area contributed by atoms with Gasteiger partial charge in [-0.3, -0.25) is 4.79 Å². The van der Waals surface area contributed by atoms with Crippen LogP contribution in [-0.4, -0.2) is 19.9 Å². The van der Waals surface area contributed by atoms with Crippen molar-refractivity contribution in [3.05, 3.63) is 47.7 Å². The molecule has 0 spiro atoms. The summed E-state index contributed by atoms with van der Waals surface area (Å²) in [6, 6.07) is 8.95. The smallest absolute Gasteiger partial charge is 0.461 e. The Morgan fingerprint density at radius 3 is 2.48 bits per heavy atom. The number of benzene rings is 1. The minimum Gasteiger partial charge on any atom is -0.461 e. The van der Waals surface area contributed by atoms with E-state index in [1.54, 1.807) is 24.3 Å². The monoisotopic (exact) mass is 376 g/mol. The van der Waals surface area contributed by atoms with Gasteiger partial charge in [0.2, 0.25) is 0 Å². The lowest BCUT2D eigenvalue weighted by atomic mass is 9.96. The molecule has 0 aromatic heterocycles. The van der Waals surface area contributed by atoms with Gasteiger partial charge in [0.05, 0.1) is 5.92 Å². The molecule has 0 aliphatic heterocycles. The molecular formula is C16H15F3O5S. The Kier molecular flexibility index (Phi) is 4.52. The third-order valence-electron chi connectivity index (χ3n) is 4.44. The molecule has 2 bridgehead atoms. The van der Waals surface area contributed by atoms with Gasteiger partial charge in [-0.1, -0.05) is 30.3 Å². The van der Waals surface area contributed by atoms with E-state index in [0.717, 1.165) is 5.56 Å². The average molecular weight is 376 g/mol. The highest BCUT2D eigenvalue weighted by Gasteiger charge is 2.54. The lowest BCUT2D eigenvalue weighted by Crippen LogP contribution is -2.28. The van der Waals surface area contributed by atoms with E-state index >= 15 is 0 Å². The molecule has 0 saturated heterocycles. The molecule has 0 heterocycles. The van der Waals surface area contributed by atoms with Crippen molar-refractivity contribution in [3.8, 4) is 0 Å². The number of hydrogen-bond donors (Lipinski definition) is 0. The third kappa shape index (κ3) is 3.51. The van der Waals surface area contributed by atoms with Gasteiger partial charge in [-0.05, 0) is 30.4 Å². The number of esters is 1. The van der Waals surface area contributed by atoms with Crippen LogP contribution >= 0.6 is 0 Å².